The van der Waals surface area contributed by atoms with Crippen molar-refractivity contribution < 1.29 is 13.2 Å². The van der Waals surface area contributed by atoms with E-state index in [9.17, 15) is 8.42 Å². The highest BCUT2D eigenvalue weighted by atomic mass is 32.2. The third kappa shape index (κ3) is 3.62. The molecule has 1 atom stereocenters. The van der Waals surface area contributed by atoms with Gasteiger partial charge in [-0.15, -0.1) is 0 Å². The lowest BCUT2D eigenvalue weighted by molar-refractivity contribution is 0.347. The van der Waals surface area contributed by atoms with Crippen LogP contribution in [0.3, 0.4) is 0 Å². The van der Waals surface area contributed by atoms with Crippen molar-refractivity contribution in [1.29, 1.82) is 0 Å². The van der Waals surface area contributed by atoms with E-state index in [0.29, 0.717) is 31.0 Å². The molecule has 1 aliphatic heterocycles. The van der Waals surface area contributed by atoms with Gasteiger partial charge in [0.1, 0.15) is 10.6 Å². The molecule has 0 spiro atoms. The smallest absolute Gasteiger partial charge is 0.246 e. The van der Waals surface area contributed by atoms with Gasteiger partial charge in [-0.3, -0.25) is 4.68 Å². The van der Waals surface area contributed by atoms with Crippen molar-refractivity contribution in [3.05, 3.63) is 41.7 Å². The number of sulfonamides is 1. The van der Waals surface area contributed by atoms with E-state index in [1.807, 2.05) is 38.1 Å². The lowest BCUT2D eigenvalue weighted by Gasteiger charge is -2.28. The number of likely N-dealkylation sites (N-methyl/N-ethyl adjacent to an activating group) is 1. The number of nitrogens with one attached hydrogen (secondary N) is 1. The summed E-state index contributed by atoms with van der Waals surface area (Å²) in [6.07, 6.45) is 2.12. The summed E-state index contributed by atoms with van der Waals surface area (Å²) in [6.45, 7) is 6.25. The van der Waals surface area contributed by atoms with Gasteiger partial charge in [-0.05, 0) is 31.0 Å². The van der Waals surface area contributed by atoms with Crippen molar-refractivity contribution in [2.45, 2.75) is 44.3 Å². The van der Waals surface area contributed by atoms with Crippen LogP contribution < -0.4 is 10.1 Å². The van der Waals surface area contributed by atoms with Gasteiger partial charge in [-0.1, -0.05) is 19.1 Å². The fourth-order valence-electron chi connectivity index (χ4n) is 3.42. The molecule has 0 saturated heterocycles. The largest absolute Gasteiger partial charge is 0.497 e. The summed E-state index contributed by atoms with van der Waals surface area (Å²) >= 11 is 0. The molecular formula is C18H26N4O3S. The number of benzene rings is 1. The number of hydrogen-bond donors (Lipinski definition) is 1. The summed E-state index contributed by atoms with van der Waals surface area (Å²) in [5.74, 6) is 0.792. The Kier molecular flexibility index (Phi) is 5.64. The first-order valence-corrected chi connectivity index (χ1v) is 10.3. The number of methoxy groups -OCH3 is 1. The molecule has 0 saturated carbocycles. The van der Waals surface area contributed by atoms with E-state index < -0.39 is 10.0 Å². The first-order chi connectivity index (χ1) is 12.5. The molecule has 1 aromatic heterocycles. The molecule has 26 heavy (non-hydrogen) atoms. The minimum Gasteiger partial charge on any atom is -0.497 e. The molecule has 0 radical (unpaired) electrons. The number of nitrogens with zero attached hydrogens (tertiary/aromatic N) is 3. The summed E-state index contributed by atoms with van der Waals surface area (Å²) in [5, 5.41) is 7.48. The van der Waals surface area contributed by atoms with Crippen LogP contribution in [0.4, 0.5) is 0 Å². The Labute approximate surface area is 155 Å². The van der Waals surface area contributed by atoms with Gasteiger partial charge in [0.05, 0.1) is 25.5 Å². The predicted octanol–water partition coefficient (Wildman–Crippen LogP) is 1.64. The summed E-state index contributed by atoms with van der Waals surface area (Å²) in [6, 6.07) is 7.58. The SMILES string of the molecule is CCN(C(C)Cc1ccc(OC)cc1)S(=O)(=O)c1cnn2c1CNCC2. The highest BCUT2D eigenvalue weighted by Crippen LogP contribution is 2.24. The second kappa shape index (κ2) is 7.77. The molecule has 3 rings (SSSR count). The zero-order valence-electron chi connectivity index (χ0n) is 15.5. The van der Waals surface area contributed by atoms with Crippen molar-refractivity contribution in [2.24, 2.45) is 0 Å². The van der Waals surface area contributed by atoms with Crippen LogP contribution in [0.2, 0.25) is 0 Å². The van der Waals surface area contributed by atoms with Gasteiger partial charge in [0.2, 0.25) is 10.0 Å². The lowest BCUT2D eigenvalue weighted by Crippen LogP contribution is -2.40. The second-order valence-corrected chi connectivity index (χ2v) is 8.32. The van der Waals surface area contributed by atoms with Crippen LogP contribution in [-0.2, 0) is 29.5 Å². The molecule has 0 bridgehead atoms. The molecule has 1 unspecified atom stereocenters. The van der Waals surface area contributed by atoms with Crippen LogP contribution >= 0.6 is 0 Å². The highest BCUT2D eigenvalue weighted by Gasteiger charge is 2.32. The summed E-state index contributed by atoms with van der Waals surface area (Å²) < 4.78 is 35.0. The van der Waals surface area contributed by atoms with E-state index in [1.165, 1.54) is 6.20 Å². The highest BCUT2D eigenvalue weighted by molar-refractivity contribution is 7.89. The Bertz CT molecular complexity index is 846. The van der Waals surface area contributed by atoms with Gasteiger partial charge in [0, 0.05) is 25.7 Å². The van der Waals surface area contributed by atoms with E-state index in [0.717, 1.165) is 23.6 Å². The molecule has 2 heterocycles. The normalized spacial score (nSPS) is 15.7. The number of rotatable bonds is 7. The van der Waals surface area contributed by atoms with Gasteiger partial charge >= 0.3 is 0 Å². The Morgan fingerprint density at radius 2 is 2.08 bits per heavy atom. The number of hydrogen-bond acceptors (Lipinski definition) is 5. The van der Waals surface area contributed by atoms with Crippen LogP contribution in [0, 0.1) is 0 Å². The van der Waals surface area contributed by atoms with E-state index in [-0.39, 0.29) is 6.04 Å². The lowest BCUT2D eigenvalue weighted by atomic mass is 10.1. The topological polar surface area (TPSA) is 76.5 Å². The fraction of sp³-hybridized carbons (Fsp3) is 0.500. The molecule has 0 amide bonds. The van der Waals surface area contributed by atoms with Crippen LogP contribution in [0.1, 0.15) is 25.1 Å². The van der Waals surface area contributed by atoms with Crippen molar-refractivity contribution in [3.63, 3.8) is 0 Å². The third-order valence-corrected chi connectivity index (χ3v) is 6.92. The van der Waals surface area contributed by atoms with Crippen molar-refractivity contribution in [1.82, 2.24) is 19.4 Å². The number of ether oxygens (including phenoxy) is 1. The molecule has 1 aliphatic rings. The molecule has 1 aromatic carbocycles. The number of aromatic nitrogens is 2. The molecule has 0 aliphatic carbocycles. The van der Waals surface area contributed by atoms with Gasteiger partial charge in [0.15, 0.2) is 0 Å². The molecular weight excluding hydrogens is 352 g/mol. The zero-order valence-corrected chi connectivity index (χ0v) is 16.3. The van der Waals surface area contributed by atoms with E-state index in [2.05, 4.69) is 10.4 Å². The van der Waals surface area contributed by atoms with E-state index >= 15 is 0 Å². The minimum absolute atomic E-state index is 0.162. The first kappa shape index (κ1) is 18.9. The zero-order chi connectivity index (χ0) is 18.7. The maximum atomic E-state index is 13.3. The summed E-state index contributed by atoms with van der Waals surface area (Å²) in [5.41, 5.74) is 1.82. The average Bonchev–Trinajstić information content (AvgIpc) is 3.07. The fourth-order valence-corrected chi connectivity index (χ4v) is 5.22. The van der Waals surface area contributed by atoms with Crippen LogP contribution in [0.5, 0.6) is 5.75 Å². The Morgan fingerprint density at radius 3 is 2.73 bits per heavy atom. The quantitative estimate of drug-likeness (QED) is 0.793. The second-order valence-electron chi connectivity index (χ2n) is 6.47. The van der Waals surface area contributed by atoms with Crippen LogP contribution in [0.25, 0.3) is 0 Å². The van der Waals surface area contributed by atoms with Gasteiger partial charge in [0.25, 0.3) is 0 Å². The van der Waals surface area contributed by atoms with Crippen molar-refractivity contribution >= 4 is 10.0 Å². The van der Waals surface area contributed by atoms with E-state index in [4.69, 9.17) is 4.74 Å². The number of fused-ring (bicyclic) bond motifs is 1. The Morgan fingerprint density at radius 1 is 1.35 bits per heavy atom. The maximum Gasteiger partial charge on any atom is 0.246 e. The Hall–Kier alpha value is -1.90. The van der Waals surface area contributed by atoms with Crippen molar-refractivity contribution in [2.75, 3.05) is 20.2 Å². The predicted molar refractivity (Wildman–Crippen MR) is 99.7 cm³/mol. The molecule has 7 nitrogen and oxygen atoms in total. The Balaban J connectivity index is 1.83. The average molecular weight is 378 g/mol. The summed E-state index contributed by atoms with van der Waals surface area (Å²) in [4.78, 5) is 0.313. The molecule has 2 aromatic rings. The standard InChI is InChI=1S/C18H26N4O3S/c1-4-22(14(2)11-15-5-7-16(25-3)8-6-15)26(23,24)18-13-20-21-10-9-19-12-17(18)21/h5-8,13-14,19H,4,9-12H2,1-3H3. The summed E-state index contributed by atoms with van der Waals surface area (Å²) in [7, 11) is -1.97. The van der Waals surface area contributed by atoms with Gasteiger partial charge in [-0.25, -0.2) is 8.42 Å². The molecule has 1 N–H and O–H groups in total. The molecule has 0 fully saturated rings. The van der Waals surface area contributed by atoms with Gasteiger partial charge < -0.3 is 10.1 Å². The van der Waals surface area contributed by atoms with Crippen LogP contribution in [0.15, 0.2) is 35.4 Å². The van der Waals surface area contributed by atoms with E-state index in [1.54, 1.807) is 16.1 Å². The van der Waals surface area contributed by atoms with Crippen molar-refractivity contribution in [3.8, 4) is 5.75 Å². The first-order valence-electron chi connectivity index (χ1n) is 8.87. The monoisotopic (exact) mass is 378 g/mol. The third-order valence-electron chi connectivity index (χ3n) is 4.78. The minimum atomic E-state index is -3.60. The maximum absolute atomic E-state index is 13.3. The molecule has 8 heteroatoms. The van der Waals surface area contributed by atoms with Gasteiger partial charge in [-0.2, -0.15) is 9.40 Å². The molecule has 142 valence electrons. The van der Waals surface area contributed by atoms with Crippen LogP contribution in [-0.4, -0.2) is 48.7 Å².